The molecule has 22 heavy (non-hydrogen) atoms. The molecule has 0 spiro atoms. The van der Waals surface area contributed by atoms with Gasteiger partial charge in [-0.1, -0.05) is 30.3 Å². The maximum absolute atomic E-state index is 12.6. The molecule has 1 aromatic carbocycles. The van der Waals surface area contributed by atoms with Gasteiger partial charge < -0.3 is 15.0 Å². The normalized spacial score (nSPS) is 24.3. The first kappa shape index (κ1) is 15.5. The summed E-state index contributed by atoms with van der Waals surface area (Å²) in [6, 6.07) is 10.2. The number of ether oxygens (including phenoxy) is 1. The highest BCUT2D eigenvalue weighted by Crippen LogP contribution is 2.30. The Morgan fingerprint density at radius 3 is 2.73 bits per heavy atom. The van der Waals surface area contributed by atoms with Gasteiger partial charge in [-0.2, -0.15) is 0 Å². The Balaban J connectivity index is 1.62. The van der Waals surface area contributed by atoms with Gasteiger partial charge in [-0.3, -0.25) is 4.79 Å². The molecule has 0 radical (unpaired) electrons. The lowest BCUT2D eigenvalue weighted by molar-refractivity contribution is -0.153. The number of carbonyl (C=O) groups is 1. The minimum absolute atomic E-state index is 0.0263. The number of morpholine rings is 1. The summed E-state index contributed by atoms with van der Waals surface area (Å²) >= 11 is 0. The van der Waals surface area contributed by atoms with Gasteiger partial charge in [0.1, 0.15) is 6.10 Å². The smallest absolute Gasteiger partial charge is 0.237 e. The fourth-order valence-electron chi connectivity index (χ4n) is 2.96. The number of rotatable bonds is 5. The Bertz CT molecular complexity index is 511. The van der Waals surface area contributed by atoms with Crippen LogP contribution in [0.15, 0.2) is 30.3 Å². The van der Waals surface area contributed by atoms with Gasteiger partial charge >= 0.3 is 0 Å². The molecular formula is C18H26N2O2. The largest absolute Gasteiger partial charge is 0.369 e. The number of nitrogens with zero attached hydrogens (tertiary/aromatic N) is 1. The zero-order valence-corrected chi connectivity index (χ0v) is 13.5. The summed E-state index contributed by atoms with van der Waals surface area (Å²) < 4.78 is 6.00. The van der Waals surface area contributed by atoms with Crippen LogP contribution in [0.3, 0.4) is 0 Å². The third-order valence-electron chi connectivity index (χ3n) is 4.60. The molecule has 120 valence electrons. The highest BCUT2D eigenvalue weighted by molar-refractivity contribution is 5.79. The van der Waals surface area contributed by atoms with E-state index >= 15 is 0 Å². The van der Waals surface area contributed by atoms with Crippen molar-refractivity contribution in [3.05, 3.63) is 35.9 Å². The Morgan fingerprint density at radius 2 is 2.05 bits per heavy atom. The summed E-state index contributed by atoms with van der Waals surface area (Å²) in [5, 5.41) is 3.30. The van der Waals surface area contributed by atoms with Gasteiger partial charge in [0, 0.05) is 0 Å². The molecule has 1 atom stereocenters. The first-order valence-corrected chi connectivity index (χ1v) is 8.24. The third kappa shape index (κ3) is 3.68. The van der Waals surface area contributed by atoms with E-state index in [2.05, 4.69) is 31.3 Å². The van der Waals surface area contributed by atoms with Crippen molar-refractivity contribution in [1.29, 1.82) is 0 Å². The molecule has 4 nitrogen and oxygen atoms in total. The third-order valence-corrected chi connectivity index (χ3v) is 4.60. The van der Waals surface area contributed by atoms with E-state index in [1.54, 1.807) is 0 Å². The number of nitrogens with one attached hydrogen (secondary N) is 1. The monoisotopic (exact) mass is 302 g/mol. The zero-order chi connectivity index (χ0) is 15.6. The molecule has 0 bridgehead atoms. The van der Waals surface area contributed by atoms with Gasteiger partial charge in [0.15, 0.2) is 0 Å². The number of hydrogen-bond acceptors (Lipinski definition) is 3. The molecule has 0 aromatic heterocycles. The number of amides is 1. The van der Waals surface area contributed by atoms with Crippen molar-refractivity contribution in [2.45, 2.75) is 38.3 Å². The van der Waals surface area contributed by atoms with Crippen LogP contribution in [0.1, 0.15) is 38.4 Å². The molecule has 2 aliphatic rings. The molecule has 1 amide bonds. The highest BCUT2D eigenvalue weighted by atomic mass is 16.5. The van der Waals surface area contributed by atoms with Gasteiger partial charge in [0.05, 0.1) is 25.2 Å². The van der Waals surface area contributed by atoms with Crippen LogP contribution in [0.25, 0.3) is 0 Å². The minimum atomic E-state index is -0.246. The number of hydrogen-bond donors (Lipinski definition) is 1. The lowest BCUT2D eigenvalue weighted by atomic mass is 9.98. The van der Waals surface area contributed by atoms with E-state index in [-0.39, 0.29) is 17.6 Å². The van der Waals surface area contributed by atoms with Gasteiger partial charge in [0.2, 0.25) is 5.91 Å². The SMILES string of the molecule is CC1(C)COC(c2ccccc2)CN1C(=O)CNCC1CC1. The lowest BCUT2D eigenvalue weighted by Gasteiger charge is -2.45. The molecule has 1 saturated carbocycles. The van der Waals surface area contributed by atoms with Crippen LogP contribution < -0.4 is 5.32 Å². The van der Waals surface area contributed by atoms with E-state index < -0.39 is 0 Å². The first-order chi connectivity index (χ1) is 10.6. The fourth-order valence-corrected chi connectivity index (χ4v) is 2.96. The Kier molecular flexibility index (Phi) is 4.50. The molecule has 1 saturated heterocycles. The van der Waals surface area contributed by atoms with Crippen LogP contribution in [0, 0.1) is 5.92 Å². The summed E-state index contributed by atoms with van der Waals surface area (Å²) in [5.74, 6) is 0.970. The second-order valence-corrected chi connectivity index (χ2v) is 7.10. The average molecular weight is 302 g/mol. The highest BCUT2D eigenvalue weighted by Gasteiger charge is 2.38. The molecule has 2 fully saturated rings. The standard InChI is InChI=1S/C18H26N2O2/c1-18(2)13-22-16(15-6-4-3-5-7-15)12-20(18)17(21)11-19-10-14-8-9-14/h3-7,14,16,19H,8-13H2,1-2H3. The predicted octanol–water partition coefficient (Wildman–Crippen LogP) is 2.36. The molecule has 1 N–H and O–H groups in total. The van der Waals surface area contributed by atoms with Crippen LogP contribution in [0.5, 0.6) is 0 Å². The van der Waals surface area contributed by atoms with Crippen LogP contribution >= 0.6 is 0 Å². The molecule has 1 aromatic rings. The maximum Gasteiger partial charge on any atom is 0.237 e. The molecule has 4 heteroatoms. The quantitative estimate of drug-likeness (QED) is 0.908. The second kappa shape index (κ2) is 6.39. The molecule has 1 aliphatic carbocycles. The van der Waals surface area contributed by atoms with Gasteiger partial charge in [-0.15, -0.1) is 0 Å². The van der Waals surface area contributed by atoms with E-state index in [9.17, 15) is 4.79 Å². The van der Waals surface area contributed by atoms with Crippen LogP contribution in [-0.4, -0.2) is 42.6 Å². The predicted molar refractivity (Wildman–Crippen MR) is 86.5 cm³/mol. The van der Waals surface area contributed by atoms with Gasteiger partial charge in [-0.25, -0.2) is 0 Å². The Hall–Kier alpha value is -1.39. The zero-order valence-electron chi connectivity index (χ0n) is 13.5. The lowest BCUT2D eigenvalue weighted by Crippen LogP contribution is -2.58. The number of benzene rings is 1. The molecular weight excluding hydrogens is 276 g/mol. The summed E-state index contributed by atoms with van der Waals surface area (Å²) in [7, 11) is 0. The van der Waals surface area contributed by atoms with Gasteiger partial charge in [-0.05, 0) is 44.7 Å². The summed E-state index contributed by atoms with van der Waals surface area (Å²) in [6.07, 6.45) is 2.59. The average Bonchev–Trinajstić information content (AvgIpc) is 3.32. The second-order valence-electron chi connectivity index (χ2n) is 7.10. The van der Waals surface area contributed by atoms with Crippen molar-refractivity contribution in [1.82, 2.24) is 10.2 Å². The topological polar surface area (TPSA) is 41.6 Å². The van der Waals surface area contributed by atoms with E-state index in [1.807, 2.05) is 23.1 Å². The van der Waals surface area contributed by atoms with E-state index in [0.29, 0.717) is 19.7 Å². The van der Waals surface area contributed by atoms with Crippen molar-refractivity contribution in [2.24, 2.45) is 5.92 Å². The van der Waals surface area contributed by atoms with E-state index in [0.717, 1.165) is 18.0 Å². The van der Waals surface area contributed by atoms with Crippen molar-refractivity contribution >= 4 is 5.91 Å². The summed E-state index contributed by atoms with van der Waals surface area (Å²) in [4.78, 5) is 14.6. The summed E-state index contributed by atoms with van der Waals surface area (Å²) in [6.45, 7) is 6.75. The van der Waals surface area contributed by atoms with E-state index in [1.165, 1.54) is 12.8 Å². The Morgan fingerprint density at radius 1 is 1.32 bits per heavy atom. The fraction of sp³-hybridized carbons (Fsp3) is 0.611. The van der Waals surface area contributed by atoms with Crippen LogP contribution in [0.2, 0.25) is 0 Å². The molecule has 1 unspecified atom stereocenters. The molecule has 1 heterocycles. The molecule has 3 rings (SSSR count). The maximum atomic E-state index is 12.6. The number of carbonyl (C=O) groups excluding carboxylic acids is 1. The van der Waals surface area contributed by atoms with Gasteiger partial charge in [0.25, 0.3) is 0 Å². The first-order valence-electron chi connectivity index (χ1n) is 8.24. The molecule has 1 aliphatic heterocycles. The Labute approximate surface area is 132 Å². The van der Waals surface area contributed by atoms with Crippen LogP contribution in [0.4, 0.5) is 0 Å². The van der Waals surface area contributed by atoms with Crippen molar-refractivity contribution < 1.29 is 9.53 Å². The van der Waals surface area contributed by atoms with Crippen molar-refractivity contribution in [2.75, 3.05) is 26.2 Å². The van der Waals surface area contributed by atoms with Crippen molar-refractivity contribution in [3.8, 4) is 0 Å². The van der Waals surface area contributed by atoms with E-state index in [4.69, 9.17) is 4.74 Å². The van der Waals surface area contributed by atoms with Crippen LogP contribution in [-0.2, 0) is 9.53 Å². The summed E-state index contributed by atoms with van der Waals surface area (Å²) in [5.41, 5.74) is 0.894. The van der Waals surface area contributed by atoms with Crippen molar-refractivity contribution in [3.63, 3.8) is 0 Å². The minimum Gasteiger partial charge on any atom is -0.369 e.